The van der Waals surface area contributed by atoms with Gasteiger partial charge in [-0.1, -0.05) is 47.1 Å². The van der Waals surface area contributed by atoms with Crippen molar-refractivity contribution >= 4 is 23.2 Å². The van der Waals surface area contributed by atoms with Crippen molar-refractivity contribution in [2.24, 2.45) is 0 Å². The van der Waals surface area contributed by atoms with E-state index in [9.17, 15) is 18.0 Å². The molecule has 0 unspecified atom stereocenters. The van der Waals surface area contributed by atoms with Crippen LogP contribution in [0.5, 0.6) is 5.75 Å². The first-order valence-electron chi connectivity index (χ1n) is 12.0. The van der Waals surface area contributed by atoms with Gasteiger partial charge in [-0.15, -0.1) is 0 Å². The lowest BCUT2D eigenvalue weighted by Crippen LogP contribution is -2.47. The predicted molar refractivity (Wildman–Crippen MR) is 135 cm³/mol. The van der Waals surface area contributed by atoms with Gasteiger partial charge in [-0.2, -0.15) is 13.2 Å². The molecule has 3 aromatic rings. The number of para-hydroxylation sites is 2. The van der Waals surface area contributed by atoms with Crippen LogP contribution in [-0.4, -0.2) is 68.0 Å². The van der Waals surface area contributed by atoms with E-state index in [1.807, 2.05) is 11.0 Å². The first-order valence-corrected chi connectivity index (χ1v) is 12.4. The molecule has 1 N–H and O–H groups in total. The highest BCUT2D eigenvalue weighted by Crippen LogP contribution is 2.32. The number of nitrogens with one attached hydrogen (secondary N) is 1. The van der Waals surface area contributed by atoms with Gasteiger partial charge in [0, 0.05) is 38.3 Å². The molecule has 0 bridgehead atoms. The van der Waals surface area contributed by atoms with E-state index < -0.39 is 12.8 Å². The quantitative estimate of drug-likeness (QED) is 0.380. The maximum atomic E-state index is 12.9. The molecular weight excluding hydrogens is 509 g/mol. The zero-order valence-electron chi connectivity index (χ0n) is 20.4. The molecule has 37 heavy (non-hydrogen) atoms. The number of piperazine rings is 1. The largest absolute Gasteiger partial charge is 0.482 e. The molecular formula is C26H28ClF3N4O3. The molecule has 0 spiro atoms. The Bertz CT molecular complexity index is 1210. The number of rotatable bonds is 9. The fraction of sp³-hybridized carbons (Fsp3) is 0.385. The van der Waals surface area contributed by atoms with E-state index in [2.05, 4.69) is 15.4 Å². The Hall–Kier alpha value is -3.24. The number of benzene rings is 2. The first-order chi connectivity index (χ1) is 17.7. The van der Waals surface area contributed by atoms with Gasteiger partial charge in [0.05, 0.1) is 10.7 Å². The fourth-order valence-electron chi connectivity index (χ4n) is 4.28. The summed E-state index contributed by atoms with van der Waals surface area (Å²) in [5.41, 5.74) is 2.08. The lowest BCUT2D eigenvalue weighted by atomic mass is 10.1. The van der Waals surface area contributed by atoms with Crippen LogP contribution in [0, 0.1) is 6.92 Å². The summed E-state index contributed by atoms with van der Waals surface area (Å²) in [6, 6.07) is 13.9. The minimum Gasteiger partial charge on any atom is -0.482 e. The number of amides is 1. The normalized spacial score (nSPS) is 14.6. The zero-order valence-corrected chi connectivity index (χ0v) is 21.1. The van der Waals surface area contributed by atoms with Gasteiger partial charge >= 0.3 is 6.18 Å². The van der Waals surface area contributed by atoms with Crippen LogP contribution >= 0.6 is 11.6 Å². The average Bonchev–Trinajstić information content (AvgIpc) is 3.27. The van der Waals surface area contributed by atoms with E-state index in [0.29, 0.717) is 52.9 Å². The molecule has 1 fully saturated rings. The number of alkyl halides is 3. The van der Waals surface area contributed by atoms with Crippen molar-refractivity contribution in [3.8, 4) is 17.0 Å². The molecule has 1 amide bonds. The number of carbonyl (C=O) groups excluding carboxylic acids is 1. The molecule has 1 aromatic heterocycles. The van der Waals surface area contributed by atoms with Crippen LogP contribution in [0.15, 0.2) is 53.1 Å². The van der Waals surface area contributed by atoms with Crippen molar-refractivity contribution < 1.29 is 27.2 Å². The third kappa shape index (κ3) is 6.95. The molecule has 2 aromatic carbocycles. The molecule has 0 aliphatic carbocycles. The van der Waals surface area contributed by atoms with Crippen LogP contribution in [0.1, 0.15) is 22.5 Å². The molecule has 1 aliphatic rings. The van der Waals surface area contributed by atoms with Crippen molar-refractivity contribution in [3.63, 3.8) is 0 Å². The van der Waals surface area contributed by atoms with Gasteiger partial charge in [0.25, 0.3) is 5.91 Å². The van der Waals surface area contributed by atoms with Crippen LogP contribution in [0.3, 0.4) is 0 Å². The average molecular weight is 537 g/mol. The van der Waals surface area contributed by atoms with Crippen LogP contribution < -0.4 is 15.0 Å². The number of nitrogens with zero attached hydrogens (tertiary/aromatic N) is 3. The number of anilines is 1. The Morgan fingerprint density at radius 3 is 2.54 bits per heavy atom. The number of hydrogen-bond donors (Lipinski definition) is 1. The zero-order chi connectivity index (χ0) is 26.4. The summed E-state index contributed by atoms with van der Waals surface area (Å²) in [4.78, 5) is 17.2. The van der Waals surface area contributed by atoms with E-state index in [4.69, 9.17) is 20.9 Å². The molecule has 0 saturated carbocycles. The van der Waals surface area contributed by atoms with Gasteiger partial charge in [-0.25, -0.2) is 0 Å². The maximum absolute atomic E-state index is 12.9. The molecule has 0 atom stereocenters. The molecule has 1 aliphatic heterocycles. The molecule has 11 heteroatoms. The number of carbonyl (C=O) groups is 1. The Kier molecular flexibility index (Phi) is 8.60. The minimum absolute atomic E-state index is 0.233. The number of aryl methyl sites for hydroxylation is 1. The van der Waals surface area contributed by atoms with Gasteiger partial charge in [0.15, 0.2) is 6.61 Å². The minimum atomic E-state index is -4.38. The fourth-order valence-corrected chi connectivity index (χ4v) is 4.51. The highest BCUT2D eigenvalue weighted by Gasteiger charge is 2.29. The Balaban J connectivity index is 1.25. The van der Waals surface area contributed by atoms with Crippen molar-refractivity contribution in [3.05, 3.63) is 64.9 Å². The summed E-state index contributed by atoms with van der Waals surface area (Å²) in [6.07, 6.45) is -3.65. The van der Waals surface area contributed by atoms with Gasteiger partial charge in [-0.05, 0) is 38.1 Å². The summed E-state index contributed by atoms with van der Waals surface area (Å²) >= 11 is 6.27. The molecule has 1 saturated heterocycles. The molecule has 2 heterocycles. The third-order valence-electron chi connectivity index (χ3n) is 6.13. The summed E-state index contributed by atoms with van der Waals surface area (Å²) in [6.45, 7) is 4.46. The SMILES string of the molecule is Cc1onc(-c2ccccc2Cl)c1C(=O)NCCCN1CCN(c2ccccc2OCC(F)(F)F)CC1. The smallest absolute Gasteiger partial charge is 0.422 e. The number of ether oxygens (including phenoxy) is 1. The second-order valence-electron chi connectivity index (χ2n) is 8.75. The summed E-state index contributed by atoms with van der Waals surface area (Å²) in [5.74, 6) is 0.383. The van der Waals surface area contributed by atoms with Crippen molar-refractivity contribution in [1.82, 2.24) is 15.4 Å². The number of halogens is 4. The molecule has 4 rings (SSSR count). The van der Waals surface area contributed by atoms with Crippen LogP contribution in [0.2, 0.25) is 5.02 Å². The topological polar surface area (TPSA) is 70.8 Å². The van der Waals surface area contributed by atoms with E-state index in [0.717, 1.165) is 26.1 Å². The molecule has 7 nitrogen and oxygen atoms in total. The Morgan fingerprint density at radius 1 is 1.11 bits per heavy atom. The highest BCUT2D eigenvalue weighted by atomic mass is 35.5. The lowest BCUT2D eigenvalue weighted by Gasteiger charge is -2.36. The highest BCUT2D eigenvalue weighted by molar-refractivity contribution is 6.33. The summed E-state index contributed by atoms with van der Waals surface area (Å²) in [7, 11) is 0. The monoisotopic (exact) mass is 536 g/mol. The second kappa shape index (κ2) is 11.9. The maximum Gasteiger partial charge on any atom is 0.422 e. The van der Waals surface area contributed by atoms with Crippen molar-refractivity contribution in [1.29, 1.82) is 0 Å². The van der Waals surface area contributed by atoms with Crippen molar-refractivity contribution in [2.45, 2.75) is 19.5 Å². The van der Waals surface area contributed by atoms with Crippen LogP contribution in [0.25, 0.3) is 11.3 Å². The Labute approximate surface area is 218 Å². The van der Waals surface area contributed by atoms with Crippen LogP contribution in [-0.2, 0) is 0 Å². The standard InChI is InChI=1S/C26H28ClF3N4O3/c1-18-23(24(32-37-18)19-7-2-3-8-20(19)27)25(35)31-11-6-12-33-13-15-34(16-14-33)21-9-4-5-10-22(21)36-17-26(28,29)30/h2-5,7-10H,6,11-17H2,1H3,(H,31,35). The molecule has 198 valence electrons. The second-order valence-corrected chi connectivity index (χ2v) is 9.16. The number of aromatic nitrogens is 1. The lowest BCUT2D eigenvalue weighted by molar-refractivity contribution is -0.153. The summed E-state index contributed by atoms with van der Waals surface area (Å²) in [5, 5.41) is 7.45. The van der Waals surface area contributed by atoms with E-state index in [1.165, 1.54) is 0 Å². The third-order valence-corrected chi connectivity index (χ3v) is 6.45. The van der Waals surface area contributed by atoms with Crippen LogP contribution in [0.4, 0.5) is 18.9 Å². The molecule has 0 radical (unpaired) electrons. The predicted octanol–water partition coefficient (Wildman–Crippen LogP) is 5.19. The van der Waals surface area contributed by atoms with Gasteiger partial charge in [-0.3, -0.25) is 9.69 Å². The van der Waals surface area contributed by atoms with E-state index in [1.54, 1.807) is 49.4 Å². The van der Waals surface area contributed by atoms with E-state index >= 15 is 0 Å². The van der Waals surface area contributed by atoms with E-state index in [-0.39, 0.29) is 11.7 Å². The summed E-state index contributed by atoms with van der Waals surface area (Å²) < 4.78 is 48.1. The number of hydrogen-bond acceptors (Lipinski definition) is 6. The first kappa shape index (κ1) is 26.8. The Morgan fingerprint density at radius 2 is 1.81 bits per heavy atom. The van der Waals surface area contributed by atoms with Gasteiger partial charge < -0.3 is 19.5 Å². The van der Waals surface area contributed by atoms with Crippen molar-refractivity contribution in [2.75, 3.05) is 50.8 Å². The van der Waals surface area contributed by atoms with Gasteiger partial charge in [0.2, 0.25) is 0 Å². The van der Waals surface area contributed by atoms with Gasteiger partial charge in [0.1, 0.15) is 22.8 Å².